The van der Waals surface area contributed by atoms with Crippen LogP contribution in [0.25, 0.3) is 5.70 Å². The molecule has 2 rings (SSSR count). The first kappa shape index (κ1) is 14.4. The van der Waals surface area contributed by atoms with Crippen molar-refractivity contribution in [2.75, 3.05) is 5.32 Å². The van der Waals surface area contributed by atoms with Gasteiger partial charge in [-0.3, -0.25) is 0 Å². The lowest BCUT2D eigenvalue weighted by Crippen LogP contribution is -2.01. The highest BCUT2D eigenvalue weighted by molar-refractivity contribution is 5.78. The molecule has 0 aliphatic heterocycles. The summed E-state index contributed by atoms with van der Waals surface area (Å²) in [4.78, 5) is 0. The van der Waals surface area contributed by atoms with Gasteiger partial charge in [-0.1, -0.05) is 60.5 Å². The Bertz CT molecular complexity index is 606. The zero-order valence-electron chi connectivity index (χ0n) is 12.8. The third-order valence-corrected chi connectivity index (χ3v) is 3.42. The maximum Gasteiger partial charge on any atom is 0.0417 e. The summed E-state index contributed by atoms with van der Waals surface area (Å²) in [6, 6.07) is 15.2. The van der Waals surface area contributed by atoms with Crippen molar-refractivity contribution < 1.29 is 0 Å². The summed E-state index contributed by atoms with van der Waals surface area (Å²) in [5.74, 6) is 0. The van der Waals surface area contributed by atoms with Crippen LogP contribution >= 0.6 is 0 Å². The topological polar surface area (TPSA) is 12.0 Å². The quantitative estimate of drug-likeness (QED) is 0.772. The van der Waals surface area contributed by atoms with Crippen LogP contribution in [0.3, 0.4) is 0 Å². The molecule has 20 heavy (non-hydrogen) atoms. The van der Waals surface area contributed by atoms with Gasteiger partial charge in [-0.15, -0.1) is 0 Å². The number of allylic oxidation sites excluding steroid dienone is 1. The van der Waals surface area contributed by atoms with Crippen LogP contribution in [0.4, 0.5) is 5.69 Å². The van der Waals surface area contributed by atoms with Gasteiger partial charge in [0.05, 0.1) is 0 Å². The second kappa shape index (κ2) is 6.42. The first-order valence-corrected chi connectivity index (χ1v) is 7.21. The lowest BCUT2D eigenvalue weighted by Gasteiger charge is -2.14. The van der Waals surface area contributed by atoms with Crippen LogP contribution in [0.2, 0.25) is 0 Å². The van der Waals surface area contributed by atoms with Crippen molar-refractivity contribution in [1.82, 2.24) is 0 Å². The average molecular weight is 265 g/mol. The van der Waals surface area contributed by atoms with Gasteiger partial charge in [-0.25, -0.2) is 0 Å². The van der Waals surface area contributed by atoms with E-state index >= 15 is 0 Å². The van der Waals surface area contributed by atoms with Gasteiger partial charge in [0.15, 0.2) is 0 Å². The Labute approximate surface area is 122 Å². The van der Waals surface area contributed by atoms with Crippen LogP contribution in [0, 0.1) is 20.8 Å². The molecule has 0 bridgehead atoms. The van der Waals surface area contributed by atoms with Gasteiger partial charge >= 0.3 is 0 Å². The minimum atomic E-state index is 1.01. The van der Waals surface area contributed by atoms with E-state index in [1.54, 1.807) is 0 Å². The Morgan fingerprint density at radius 2 is 1.60 bits per heavy atom. The summed E-state index contributed by atoms with van der Waals surface area (Å²) in [5, 5.41) is 3.57. The second-order valence-electron chi connectivity index (χ2n) is 5.34. The summed E-state index contributed by atoms with van der Waals surface area (Å²) in [6.07, 6.45) is 3.26. The van der Waals surface area contributed by atoms with Crippen molar-refractivity contribution in [1.29, 1.82) is 0 Å². The summed E-state index contributed by atoms with van der Waals surface area (Å²) < 4.78 is 0. The van der Waals surface area contributed by atoms with E-state index in [1.807, 2.05) is 0 Å². The normalized spacial score (nSPS) is 11.5. The Kier molecular flexibility index (Phi) is 4.62. The van der Waals surface area contributed by atoms with Gasteiger partial charge in [-0.2, -0.15) is 0 Å². The second-order valence-corrected chi connectivity index (χ2v) is 5.34. The molecule has 1 heteroatoms. The molecule has 2 aromatic carbocycles. The molecule has 0 aliphatic carbocycles. The fraction of sp³-hybridized carbons (Fsp3) is 0.263. The number of hydrogen-bond donors (Lipinski definition) is 1. The lowest BCUT2D eigenvalue weighted by molar-refractivity contribution is 1.22. The molecule has 0 atom stereocenters. The fourth-order valence-electron chi connectivity index (χ4n) is 2.28. The molecule has 0 heterocycles. The number of benzene rings is 2. The molecule has 0 amide bonds. The van der Waals surface area contributed by atoms with E-state index in [4.69, 9.17) is 0 Å². The molecule has 0 saturated carbocycles. The van der Waals surface area contributed by atoms with Crippen LogP contribution in [-0.4, -0.2) is 0 Å². The van der Waals surface area contributed by atoms with Gasteiger partial charge in [0.2, 0.25) is 0 Å². The zero-order chi connectivity index (χ0) is 14.5. The first-order chi connectivity index (χ1) is 9.60. The maximum absolute atomic E-state index is 3.57. The Balaban J connectivity index is 2.30. The molecule has 0 radical (unpaired) electrons. The van der Waals surface area contributed by atoms with Crippen molar-refractivity contribution >= 4 is 11.4 Å². The van der Waals surface area contributed by atoms with E-state index in [0.717, 1.165) is 6.42 Å². The van der Waals surface area contributed by atoms with Gasteiger partial charge in [0.1, 0.15) is 0 Å². The highest BCUT2D eigenvalue weighted by Gasteiger charge is 2.04. The van der Waals surface area contributed by atoms with E-state index in [-0.39, 0.29) is 0 Å². The molecule has 0 saturated heterocycles. The molecule has 1 N–H and O–H groups in total. The molecule has 0 aromatic heterocycles. The maximum atomic E-state index is 3.57. The van der Waals surface area contributed by atoms with Crippen LogP contribution in [0.1, 0.15) is 35.6 Å². The van der Waals surface area contributed by atoms with Crippen molar-refractivity contribution in [3.8, 4) is 0 Å². The van der Waals surface area contributed by atoms with Crippen LogP contribution in [0.15, 0.2) is 48.5 Å². The van der Waals surface area contributed by atoms with Gasteiger partial charge < -0.3 is 5.32 Å². The summed E-state index contributed by atoms with van der Waals surface area (Å²) >= 11 is 0. The first-order valence-electron chi connectivity index (χ1n) is 7.21. The minimum Gasteiger partial charge on any atom is -0.355 e. The molecule has 0 spiro atoms. The fourth-order valence-corrected chi connectivity index (χ4v) is 2.28. The average Bonchev–Trinajstić information content (AvgIpc) is 2.42. The molecule has 0 aliphatic rings. The number of anilines is 1. The lowest BCUT2D eigenvalue weighted by atomic mass is 10.1. The van der Waals surface area contributed by atoms with Gasteiger partial charge in [-0.05, 0) is 44.4 Å². The van der Waals surface area contributed by atoms with Crippen LogP contribution < -0.4 is 5.32 Å². The van der Waals surface area contributed by atoms with Crippen LogP contribution in [0.5, 0.6) is 0 Å². The van der Waals surface area contributed by atoms with E-state index in [9.17, 15) is 0 Å². The molecule has 2 aromatic rings. The predicted molar refractivity (Wildman–Crippen MR) is 89.0 cm³/mol. The number of nitrogens with one attached hydrogen (secondary N) is 1. The highest BCUT2D eigenvalue weighted by Crippen LogP contribution is 2.23. The molecule has 104 valence electrons. The van der Waals surface area contributed by atoms with Crippen molar-refractivity contribution in [2.45, 2.75) is 34.1 Å². The van der Waals surface area contributed by atoms with E-state index in [0.29, 0.717) is 0 Å². The zero-order valence-corrected chi connectivity index (χ0v) is 12.8. The van der Waals surface area contributed by atoms with Crippen molar-refractivity contribution in [2.24, 2.45) is 0 Å². The summed E-state index contributed by atoms with van der Waals surface area (Å²) in [7, 11) is 0. The van der Waals surface area contributed by atoms with Crippen molar-refractivity contribution in [3.63, 3.8) is 0 Å². The van der Waals surface area contributed by atoms with E-state index in [1.165, 1.54) is 33.6 Å². The van der Waals surface area contributed by atoms with Gasteiger partial charge in [0.25, 0.3) is 0 Å². The standard InChI is InChI=1S/C19H23N/c1-5-6-19(17-10-7-14(2)8-11-17)20-18-12-9-15(3)13-16(18)4/h6-13,20H,5H2,1-4H3. The summed E-state index contributed by atoms with van der Waals surface area (Å²) in [5.41, 5.74) is 7.45. The summed E-state index contributed by atoms with van der Waals surface area (Å²) in [6.45, 7) is 8.55. The third-order valence-electron chi connectivity index (χ3n) is 3.42. The predicted octanol–water partition coefficient (Wildman–Crippen LogP) is 5.47. The molecule has 0 unspecified atom stereocenters. The highest BCUT2D eigenvalue weighted by atomic mass is 14.9. The van der Waals surface area contributed by atoms with Gasteiger partial charge in [0, 0.05) is 11.4 Å². The number of aryl methyl sites for hydroxylation is 3. The SMILES string of the molecule is CCC=C(Nc1ccc(C)cc1C)c1ccc(C)cc1. The molecule has 0 fully saturated rings. The molecule has 1 nitrogen and oxygen atoms in total. The number of hydrogen-bond acceptors (Lipinski definition) is 1. The molecular weight excluding hydrogens is 242 g/mol. The van der Waals surface area contributed by atoms with Crippen molar-refractivity contribution in [3.05, 3.63) is 70.8 Å². The monoisotopic (exact) mass is 265 g/mol. The van der Waals surface area contributed by atoms with E-state index < -0.39 is 0 Å². The minimum absolute atomic E-state index is 1.01. The Morgan fingerprint density at radius 3 is 2.20 bits per heavy atom. The third kappa shape index (κ3) is 3.51. The Hall–Kier alpha value is -2.02. The Morgan fingerprint density at radius 1 is 0.950 bits per heavy atom. The van der Waals surface area contributed by atoms with Crippen LogP contribution in [-0.2, 0) is 0 Å². The number of rotatable bonds is 4. The smallest absolute Gasteiger partial charge is 0.0417 e. The van der Waals surface area contributed by atoms with E-state index in [2.05, 4.69) is 81.6 Å². The molecular formula is C19H23N. The largest absolute Gasteiger partial charge is 0.355 e.